The molecule has 3 rings (SSSR count). The zero-order valence-corrected chi connectivity index (χ0v) is 10.5. The maximum absolute atomic E-state index is 11.8. The molecule has 5 heteroatoms. The van der Waals surface area contributed by atoms with Gasteiger partial charge in [0.25, 0.3) is 0 Å². The third-order valence-electron chi connectivity index (χ3n) is 4.25. The van der Waals surface area contributed by atoms with E-state index in [0.29, 0.717) is 11.0 Å². The summed E-state index contributed by atoms with van der Waals surface area (Å²) in [5.41, 5.74) is 3.26. The molecular formula is C14H16N2O3. The molecule has 0 aromatic heterocycles. The van der Waals surface area contributed by atoms with Crippen LogP contribution in [0.3, 0.4) is 0 Å². The van der Waals surface area contributed by atoms with Crippen LogP contribution in [0.1, 0.15) is 31.2 Å². The summed E-state index contributed by atoms with van der Waals surface area (Å²) >= 11 is 0. The zero-order chi connectivity index (χ0) is 13.5. The van der Waals surface area contributed by atoms with E-state index < -0.39 is 0 Å². The van der Waals surface area contributed by atoms with Gasteiger partial charge in [-0.3, -0.25) is 4.79 Å². The zero-order valence-electron chi connectivity index (χ0n) is 10.5. The molecule has 5 nitrogen and oxygen atoms in total. The van der Waals surface area contributed by atoms with Crippen molar-refractivity contribution in [1.82, 2.24) is 5.43 Å². The molecule has 1 atom stereocenters. The van der Waals surface area contributed by atoms with Gasteiger partial charge < -0.3 is 10.2 Å². The van der Waals surface area contributed by atoms with Gasteiger partial charge in [-0.1, -0.05) is 6.42 Å². The number of amides is 1. The first kappa shape index (κ1) is 12.0. The predicted molar refractivity (Wildman–Crippen MR) is 69.9 cm³/mol. The van der Waals surface area contributed by atoms with Gasteiger partial charge in [0.05, 0.1) is 6.21 Å². The number of hydrogen-bond donors (Lipinski definition) is 3. The van der Waals surface area contributed by atoms with Crippen LogP contribution in [0.2, 0.25) is 0 Å². The Morgan fingerprint density at radius 3 is 2.79 bits per heavy atom. The third kappa shape index (κ3) is 2.16. The Kier molecular flexibility index (Phi) is 2.69. The Labute approximate surface area is 111 Å². The first-order valence-electron chi connectivity index (χ1n) is 6.46. The number of benzene rings is 1. The molecule has 0 heterocycles. The van der Waals surface area contributed by atoms with E-state index >= 15 is 0 Å². The highest BCUT2D eigenvalue weighted by atomic mass is 16.3. The maximum atomic E-state index is 11.8. The monoisotopic (exact) mass is 260 g/mol. The van der Waals surface area contributed by atoms with Crippen LogP contribution in [0.5, 0.6) is 11.5 Å². The Balaban J connectivity index is 1.57. The highest BCUT2D eigenvalue weighted by Gasteiger charge is 2.60. The Hall–Kier alpha value is -2.04. The molecule has 2 aliphatic carbocycles. The first-order valence-corrected chi connectivity index (χ1v) is 6.46. The average molecular weight is 260 g/mol. The predicted octanol–water partition coefficient (Wildman–Crippen LogP) is 1.74. The smallest absolute Gasteiger partial charge is 0.243 e. The van der Waals surface area contributed by atoms with Crippen molar-refractivity contribution in [3.8, 4) is 11.5 Å². The molecule has 100 valence electrons. The third-order valence-corrected chi connectivity index (χ3v) is 4.25. The van der Waals surface area contributed by atoms with Crippen molar-refractivity contribution in [3.63, 3.8) is 0 Å². The fraction of sp³-hybridized carbons (Fsp3) is 0.429. The van der Waals surface area contributed by atoms with Crippen molar-refractivity contribution in [2.24, 2.45) is 16.4 Å². The van der Waals surface area contributed by atoms with Crippen molar-refractivity contribution in [1.29, 1.82) is 0 Å². The largest absolute Gasteiger partial charge is 0.508 e. The molecule has 19 heavy (non-hydrogen) atoms. The molecule has 0 radical (unpaired) electrons. The van der Waals surface area contributed by atoms with Crippen LogP contribution in [0.25, 0.3) is 0 Å². The van der Waals surface area contributed by atoms with E-state index in [-0.39, 0.29) is 23.3 Å². The molecule has 2 fully saturated rings. The summed E-state index contributed by atoms with van der Waals surface area (Å²) in [6.45, 7) is 0. The summed E-state index contributed by atoms with van der Waals surface area (Å²) in [7, 11) is 0. The van der Waals surface area contributed by atoms with E-state index in [1.807, 2.05) is 0 Å². The van der Waals surface area contributed by atoms with E-state index in [0.717, 1.165) is 19.3 Å². The Morgan fingerprint density at radius 1 is 1.42 bits per heavy atom. The SMILES string of the molecule is O=C(N/N=C\c1ccc(O)cc1O)[C@H]1CC12CCC2. The number of nitrogens with zero attached hydrogens (tertiary/aromatic N) is 1. The Morgan fingerprint density at radius 2 is 2.21 bits per heavy atom. The van der Waals surface area contributed by atoms with Gasteiger partial charge in [-0.15, -0.1) is 0 Å². The Bertz CT molecular complexity index is 550. The number of hydrogen-bond acceptors (Lipinski definition) is 4. The van der Waals surface area contributed by atoms with Crippen LogP contribution in [0.4, 0.5) is 0 Å². The van der Waals surface area contributed by atoms with Crippen molar-refractivity contribution in [3.05, 3.63) is 23.8 Å². The number of phenols is 2. The maximum Gasteiger partial charge on any atom is 0.243 e. The van der Waals surface area contributed by atoms with Gasteiger partial charge in [-0.25, -0.2) is 5.43 Å². The van der Waals surface area contributed by atoms with Gasteiger partial charge in [0.1, 0.15) is 11.5 Å². The second-order valence-corrected chi connectivity index (χ2v) is 5.45. The van der Waals surface area contributed by atoms with Gasteiger partial charge in [0.15, 0.2) is 0 Å². The molecular weight excluding hydrogens is 244 g/mol. The average Bonchev–Trinajstić information content (AvgIpc) is 3.07. The molecule has 1 aromatic carbocycles. The first-order chi connectivity index (χ1) is 9.11. The lowest BCUT2D eigenvalue weighted by Gasteiger charge is -2.25. The van der Waals surface area contributed by atoms with Crippen molar-refractivity contribution in [2.45, 2.75) is 25.7 Å². The molecule has 0 unspecified atom stereocenters. The van der Waals surface area contributed by atoms with Crippen molar-refractivity contribution >= 4 is 12.1 Å². The van der Waals surface area contributed by atoms with Crippen molar-refractivity contribution < 1.29 is 15.0 Å². The summed E-state index contributed by atoms with van der Waals surface area (Å²) in [5, 5.41) is 22.5. The standard InChI is InChI=1S/C14H16N2O3/c17-10-3-2-9(12(18)6-10)8-15-16-13(19)11-7-14(11)4-1-5-14/h2-3,6,8,11,17-18H,1,4-5,7H2,(H,16,19)/b15-8-/t11-/m1/s1. The molecule has 0 aliphatic heterocycles. The molecule has 2 saturated carbocycles. The normalized spacial score (nSPS) is 23.3. The van der Waals surface area contributed by atoms with Crippen LogP contribution < -0.4 is 5.43 Å². The minimum Gasteiger partial charge on any atom is -0.508 e. The highest BCUT2D eigenvalue weighted by molar-refractivity contribution is 5.87. The summed E-state index contributed by atoms with van der Waals surface area (Å²) in [4.78, 5) is 11.8. The molecule has 1 spiro atoms. The number of carbonyl (C=O) groups excluding carboxylic acids is 1. The minimum absolute atomic E-state index is 0.0106. The minimum atomic E-state index is -0.0696. The second kappa shape index (κ2) is 4.26. The van der Waals surface area contributed by atoms with Crippen LogP contribution in [0.15, 0.2) is 23.3 Å². The van der Waals surface area contributed by atoms with Crippen LogP contribution in [0, 0.1) is 11.3 Å². The summed E-state index contributed by atoms with van der Waals surface area (Å²) < 4.78 is 0. The lowest BCUT2D eigenvalue weighted by molar-refractivity contribution is -0.123. The molecule has 0 saturated heterocycles. The van der Waals surface area contributed by atoms with Crippen LogP contribution >= 0.6 is 0 Å². The molecule has 1 aromatic rings. The second-order valence-electron chi connectivity index (χ2n) is 5.45. The topological polar surface area (TPSA) is 81.9 Å². The van der Waals surface area contributed by atoms with Crippen LogP contribution in [-0.4, -0.2) is 22.3 Å². The van der Waals surface area contributed by atoms with Gasteiger partial charge in [0.2, 0.25) is 5.91 Å². The van der Waals surface area contributed by atoms with E-state index in [9.17, 15) is 9.90 Å². The van der Waals surface area contributed by atoms with Crippen LogP contribution in [-0.2, 0) is 4.79 Å². The highest BCUT2D eigenvalue weighted by Crippen LogP contribution is 2.65. The van der Waals surface area contributed by atoms with Gasteiger partial charge in [-0.2, -0.15) is 5.10 Å². The summed E-state index contributed by atoms with van der Waals surface area (Å²) in [5.74, 6) is 0.00417. The lowest BCUT2D eigenvalue weighted by Crippen LogP contribution is -2.26. The van der Waals surface area contributed by atoms with Crippen molar-refractivity contribution in [2.75, 3.05) is 0 Å². The van der Waals surface area contributed by atoms with E-state index in [1.54, 1.807) is 0 Å². The molecule has 2 aliphatic rings. The number of phenolic OH excluding ortho intramolecular Hbond substituents is 2. The van der Waals surface area contributed by atoms with E-state index in [4.69, 9.17) is 5.11 Å². The fourth-order valence-electron chi connectivity index (χ4n) is 2.79. The van der Waals surface area contributed by atoms with E-state index in [2.05, 4.69) is 10.5 Å². The van der Waals surface area contributed by atoms with Gasteiger partial charge >= 0.3 is 0 Å². The molecule has 1 amide bonds. The number of aromatic hydroxyl groups is 2. The number of carbonyl (C=O) groups is 1. The molecule has 3 N–H and O–H groups in total. The fourth-order valence-corrected chi connectivity index (χ4v) is 2.79. The number of hydrazone groups is 1. The number of rotatable bonds is 3. The summed E-state index contributed by atoms with van der Waals surface area (Å²) in [6.07, 6.45) is 5.91. The van der Waals surface area contributed by atoms with Gasteiger partial charge in [-0.05, 0) is 36.8 Å². The van der Waals surface area contributed by atoms with Gasteiger partial charge in [0, 0.05) is 17.5 Å². The lowest BCUT2D eigenvalue weighted by atomic mass is 9.80. The quantitative estimate of drug-likeness (QED) is 0.572. The summed E-state index contributed by atoms with van der Waals surface area (Å²) in [6, 6.07) is 4.21. The molecule has 0 bridgehead atoms. The number of nitrogens with one attached hydrogen (secondary N) is 1. The van der Waals surface area contributed by atoms with E-state index in [1.165, 1.54) is 30.8 Å².